The van der Waals surface area contributed by atoms with Gasteiger partial charge in [0.25, 0.3) is 5.91 Å². The van der Waals surface area contributed by atoms with Crippen molar-refractivity contribution >= 4 is 42.4 Å². The molecule has 1 saturated heterocycles. The van der Waals surface area contributed by atoms with Crippen molar-refractivity contribution < 1.29 is 13.2 Å². The number of amides is 1. The first-order chi connectivity index (χ1) is 14.3. The maximum absolute atomic E-state index is 12.8. The molecular weight excluding hydrogens is 418 g/mol. The second kappa shape index (κ2) is 8.00. The summed E-state index contributed by atoms with van der Waals surface area (Å²) in [6.45, 7) is 8.51. The third kappa shape index (κ3) is 3.94. The number of hydrogen-bond donors (Lipinski definition) is 0. The Balaban J connectivity index is 1.43. The lowest BCUT2D eigenvalue weighted by atomic mass is 10.1. The average molecular weight is 444 g/mol. The molecule has 1 aliphatic rings. The topological polar surface area (TPSA) is 70.6 Å². The van der Waals surface area contributed by atoms with Crippen LogP contribution in [0.3, 0.4) is 0 Å². The summed E-state index contributed by atoms with van der Waals surface area (Å²) in [5.41, 5.74) is 4.06. The molecule has 0 saturated carbocycles. The number of carbonyl (C=O) groups excluding carboxylic acids is 1. The van der Waals surface area contributed by atoms with E-state index in [-0.39, 0.29) is 16.6 Å². The zero-order valence-electron chi connectivity index (χ0n) is 17.4. The van der Waals surface area contributed by atoms with Gasteiger partial charge >= 0.3 is 0 Å². The van der Waals surface area contributed by atoms with Crippen LogP contribution in [-0.2, 0) is 9.84 Å². The summed E-state index contributed by atoms with van der Waals surface area (Å²) in [4.78, 5) is 21.9. The lowest BCUT2D eigenvalue weighted by Gasteiger charge is -2.34. The number of benzene rings is 2. The molecule has 4 rings (SSSR count). The van der Waals surface area contributed by atoms with E-state index in [1.807, 2.05) is 4.90 Å². The Morgan fingerprint density at radius 2 is 1.67 bits per heavy atom. The van der Waals surface area contributed by atoms with E-state index in [9.17, 15) is 13.2 Å². The predicted octanol–water partition coefficient (Wildman–Crippen LogP) is 3.67. The van der Waals surface area contributed by atoms with Gasteiger partial charge in [0.05, 0.1) is 20.9 Å². The molecule has 0 atom stereocenters. The SMILES string of the molecule is CCS(=O)(=O)c1ccc(C(=O)N2CCN(c3nc4cc(C)c(C)cc4s3)CC2)cc1. The Kier molecular flexibility index (Phi) is 5.55. The quantitative estimate of drug-likeness (QED) is 0.615. The van der Waals surface area contributed by atoms with Crippen molar-refractivity contribution in [1.29, 1.82) is 0 Å². The highest BCUT2D eigenvalue weighted by molar-refractivity contribution is 7.91. The molecule has 1 aromatic heterocycles. The van der Waals surface area contributed by atoms with Gasteiger partial charge in [0.2, 0.25) is 0 Å². The Labute approximate surface area is 181 Å². The third-order valence-electron chi connectivity index (χ3n) is 5.67. The number of thiazole rings is 1. The van der Waals surface area contributed by atoms with E-state index in [2.05, 4.69) is 30.9 Å². The first-order valence-corrected chi connectivity index (χ1v) is 12.5. The second-order valence-electron chi connectivity index (χ2n) is 7.61. The molecule has 1 aliphatic heterocycles. The standard InChI is InChI=1S/C22H25N3O3S2/c1-4-30(27,28)18-7-5-17(6-8-18)21(26)24-9-11-25(12-10-24)22-23-19-13-15(2)16(3)14-20(19)29-22/h5-8,13-14H,4,9-12H2,1-3H3. The number of rotatable bonds is 4. The molecule has 0 spiro atoms. The van der Waals surface area contributed by atoms with Crippen molar-refractivity contribution in [3.8, 4) is 0 Å². The van der Waals surface area contributed by atoms with Crippen LogP contribution in [0, 0.1) is 13.8 Å². The van der Waals surface area contributed by atoms with Crippen LogP contribution in [0.5, 0.6) is 0 Å². The highest BCUT2D eigenvalue weighted by atomic mass is 32.2. The molecular formula is C22H25N3O3S2. The van der Waals surface area contributed by atoms with Gasteiger partial charge in [0, 0.05) is 31.7 Å². The Hall–Kier alpha value is -2.45. The molecule has 0 radical (unpaired) electrons. The number of carbonyl (C=O) groups is 1. The van der Waals surface area contributed by atoms with Gasteiger partial charge in [-0.1, -0.05) is 18.3 Å². The van der Waals surface area contributed by atoms with Crippen LogP contribution in [-0.4, -0.2) is 56.1 Å². The third-order valence-corrected chi connectivity index (χ3v) is 8.50. The van der Waals surface area contributed by atoms with Crippen molar-refractivity contribution in [2.75, 3.05) is 36.8 Å². The Morgan fingerprint density at radius 1 is 1.03 bits per heavy atom. The van der Waals surface area contributed by atoms with Gasteiger partial charge in [-0.15, -0.1) is 0 Å². The van der Waals surface area contributed by atoms with E-state index in [0.29, 0.717) is 18.7 Å². The average Bonchev–Trinajstić information content (AvgIpc) is 3.16. The van der Waals surface area contributed by atoms with Crippen LogP contribution >= 0.6 is 11.3 Å². The molecule has 0 unspecified atom stereocenters. The summed E-state index contributed by atoms with van der Waals surface area (Å²) in [5.74, 6) is -0.0155. The van der Waals surface area contributed by atoms with Crippen LogP contribution in [0.15, 0.2) is 41.3 Å². The molecule has 30 heavy (non-hydrogen) atoms. The zero-order chi connectivity index (χ0) is 21.5. The number of nitrogens with zero attached hydrogens (tertiary/aromatic N) is 3. The van der Waals surface area contributed by atoms with E-state index in [0.717, 1.165) is 23.7 Å². The van der Waals surface area contributed by atoms with Gasteiger partial charge < -0.3 is 9.80 Å². The number of hydrogen-bond acceptors (Lipinski definition) is 6. The molecule has 8 heteroatoms. The number of sulfone groups is 1. The Morgan fingerprint density at radius 3 is 2.30 bits per heavy atom. The summed E-state index contributed by atoms with van der Waals surface area (Å²) in [6, 6.07) is 10.6. The maximum Gasteiger partial charge on any atom is 0.253 e. The van der Waals surface area contributed by atoms with E-state index in [1.165, 1.54) is 28.0 Å². The fraction of sp³-hybridized carbons (Fsp3) is 0.364. The summed E-state index contributed by atoms with van der Waals surface area (Å²) in [7, 11) is -3.26. The molecule has 6 nitrogen and oxygen atoms in total. The highest BCUT2D eigenvalue weighted by Crippen LogP contribution is 2.31. The van der Waals surface area contributed by atoms with E-state index >= 15 is 0 Å². The minimum absolute atomic E-state index is 0.0488. The zero-order valence-corrected chi connectivity index (χ0v) is 19.0. The maximum atomic E-state index is 12.8. The van der Waals surface area contributed by atoms with Gasteiger partial charge in [0.1, 0.15) is 0 Å². The molecule has 0 aliphatic carbocycles. The first-order valence-electron chi connectivity index (χ1n) is 10.0. The van der Waals surface area contributed by atoms with Crippen molar-refractivity contribution in [1.82, 2.24) is 9.88 Å². The van der Waals surface area contributed by atoms with Crippen LogP contribution in [0.4, 0.5) is 5.13 Å². The molecule has 1 amide bonds. The predicted molar refractivity (Wildman–Crippen MR) is 121 cm³/mol. The summed E-state index contributed by atoms with van der Waals surface area (Å²) >= 11 is 1.69. The minimum atomic E-state index is -3.26. The van der Waals surface area contributed by atoms with Crippen molar-refractivity contribution in [3.63, 3.8) is 0 Å². The number of piperazine rings is 1. The van der Waals surface area contributed by atoms with Crippen molar-refractivity contribution in [2.24, 2.45) is 0 Å². The van der Waals surface area contributed by atoms with E-state index in [1.54, 1.807) is 30.4 Å². The molecule has 158 valence electrons. The van der Waals surface area contributed by atoms with Gasteiger partial charge in [-0.25, -0.2) is 13.4 Å². The smallest absolute Gasteiger partial charge is 0.253 e. The molecule has 2 heterocycles. The number of aromatic nitrogens is 1. The molecule has 0 bridgehead atoms. The molecule has 1 fully saturated rings. The largest absolute Gasteiger partial charge is 0.345 e. The summed E-state index contributed by atoms with van der Waals surface area (Å²) < 4.78 is 25.1. The van der Waals surface area contributed by atoms with Crippen molar-refractivity contribution in [2.45, 2.75) is 25.7 Å². The van der Waals surface area contributed by atoms with Gasteiger partial charge in [-0.3, -0.25) is 4.79 Å². The van der Waals surface area contributed by atoms with Gasteiger partial charge in [0.15, 0.2) is 15.0 Å². The van der Waals surface area contributed by atoms with Gasteiger partial charge in [-0.2, -0.15) is 0 Å². The summed E-state index contributed by atoms with van der Waals surface area (Å²) in [6.07, 6.45) is 0. The minimum Gasteiger partial charge on any atom is -0.345 e. The van der Waals surface area contributed by atoms with Crippen LogP contribution in [0.2, 0.25) is 0 Å². The number of anilines is 1. The summed E-state index contributed by atoms with van der Waals surface area (Å²) in [5, 5.41) is 0.997. The van der Waals surface area contributed by atoms with E-state index in [4.69, 9.17) is 4.98 Å². The first kappa shape index (κ1) is 20.8. The van der Waals surface area contributed by atoms with Crippen LogP contribution in [0.1, 0.15) is 28.4 Å². The normalized spacial score (nSPS) is 15.0. The lowest BCUT2D eigenvalue weighted by molar-refractivity contribution is 0.0746. The fourth-order valence-corrected chi connectivity index (χ4v) is 5.54. The number of aryl methyl sites for hydroxylation is 2. The lowest BCUT2D eigenvalue weighted by Crippen LogP contribution is -2.48. The van der Waals surface area contributed by atoms with Gasteiger partial charge in [-0.05, 0) is 61.4 Å². The van der Waals surface area contributed by atoms with E-state index < -0.39 is 9.84 Å². The molecule has 3 aromatic rings. The molecule has 0 N–H and O–H groups in total. The fourth-order valence-electron chi connectivity index (χ4n) is 3.56. The molecule has 2 aromatic carbocycles. The van der Waals surface area contributed by atoms with Crippen molar-refractivity contribution in [3.05, 3.63) is 53.1 Å². The number of fused-ring (bicyclic) bond motifs is 1. The van der Waals surface area contributed by atoms with Crippen LogP contribution in [0.25, 0.3) is 10.2 Å². The monoisotopic (exact) mass is 443 g/mol. The van der Waals surface area contributed by atoms with Crippen LogP contribution < -0.4 is 4.90 Å². The second-order valence-corrected chi connectivity index (χ2v) is 10.9. The Bertz CT molecular complexity index is 1150. The highest BCUT2D eigenvalue weighted by Gasteiger charge is 2.24.